The molecule has 0 unspecified atom stereocenters. The van der Waals surface area contributed by atoms with Gasteiger partial charge in [0.2, 0.25) is 0 Å². The second-order valence-electron chi connectivity index (χ2n) is 5.25. The van der Waals surface area contributed by atoms with Crippen molar-refractivity contribution in [3.05, 3.63) is 58.6 Å². The van der Waals surface area contributed by atoms with Crippen molar-refractivity contribution in [3.63, 3.8) is 0 Å². The van der Waals surface area contributed by atoms with Crippen molar-refractivity contribution in [2.24, 2.45) is 0 Å². The van der Waals surface area contributed by atoms with Crippen LogP contribution in [-0.2, 0) is 6.42 Å². The predicted octanol–water partition coefficient (Wildman–Crippen LogP) is 3.35. The molecule has 0 saturated carbocycles. The van der Waals surface area contributed by atoms with Crippen LogP contribution >= 0.6 is 11.6 Å². The summed E-state index contributed by atoms with van der Waals surface area (Å²) in [6, 6.07) is 9.55. The molecule has 0 atom stereocenters. The molecule has 7 heteroatoms. The van der Waals surface area contributed by atoms with Crippen LogP contribution in [0.5, 0.6) is 0 Å². The predicted molar refractivity (Wildman–Crippen MR) is 92.7 cm³/mol. The number of nitriles is 1. The first kappa shape index (κ1) is 16.0. The van der Waals surface area contributed by atoms with Gasteiger partial charge in [0.05, 0.1) is 22.0 Å². The van der Waals surface area contributed by atoms with Crippen molar-refractivity contribution in [2.75, 3.05) is 11.9 Å². The topological polar surface area (TPSA) is 90.3 Å². The number of halogens is 1. The Morgan fingerprint density at radius 3 is 2.83 bits per heavy atom. The molecule has 6 nitrogen and oxygen atoms in total. The highest BCUT2D eigenvalue weighted by Crippen LogP contribution is 2.22. The van der Waals surface area contributed by atoms with E-state index < -0.39 is 0 Å². The summed E-state index contributed by atoms with van der Waals surface area (Å²) < 4.78 is 0. The lowest BCUT2D eigenvalue weighted by molar-refractivity contribution is 0.924. The minimum absolute atomic E-state index is 0.444. The van der Waals surface area contributed by atoms with Crippen molar-refractivity contribution in [2.45, 2.75) is 13.3 Å². The summed E-state index contributed by atoms with van der Waals surface area (Å²) in [5, 5.41) is 19.9. The van der Waals surface area contributed by atoms with Crippen molar-refractivity contribution in [1.82, 2.24) is 20.2 Å². The lowest BCUT2D eigenvalue weighted by Crippen LogP contribution is -2.08. The summed E-state index contributed by atoms with van der Waals surface area (Å²) in [6.45, 7) is 2.44. The lowest BCUT2D eigenvalue weighted by Gasteiger charge is -2.08. The molecule has 0 amide bonds. The van der Waals surface area contributed by atoms with Crippen LogP contribution in [0.2, 0.25) is 5.02 Å². The first-order valence-corrected chi connectivity index (χ1v) is 7.81. The molecule has 0 spiro atoms. The average molecular weight is 339 g/mol. The second-order valence-corrected chi connectivity index (χ2v) is 5.66. The highest BCUT2D eigenvalue weighted by atomic mass is 35.5. The van der Waals surface area contributed by atoms with E-state index in [9.17, 15) is 0 Å². The Hall–Kier alpha value is -2.91. The number of aromatic amines is 1. The van der Waals surface area contributed by atoms with E-state index in [1.54, 1.807) is 25.4 Å². The van der Waals surface area contributed by atoms with Crippen LogP contribution in [0.25, 0.3) is 11.3 Å². The van der Waals surface area contributed by atoms with Crippen LogP contribution in [0.1, 0.15) is 17.0 Å². The fourth-order valence-corrected chi connectivity index (χ4v) is 2.51. The van der Waals surface area contributed by atoms with E-state index in [4.69, 9.17) is 16.9 Å². The largest absolute Gasteiger partial charge is 0.368 e. The van der Waals surface area contributed by atoms with Crippen LogP contribution in [0, 0.1) is 18.3 Å². The van der Waals surface area contributed by atoms with Gasteiger partial charge in [-0.25, -0.2) is 4.98 Å². The van der Waals surface area contributed by atoms with Crippen LogP contribution in [0.4, 0.5) is 5.82 Å². The van der Waals surface area contributed by atoms with Crippen LogP contribution in [-0.4, -0.2) is 26.7 Å². The number of aromatic nitrogens is 4. The first-order valence-electron chi connectivity index (χ1n) is 7.43. The van der Waals surface area contributed by atoms with E-state index in [0.717, 1.165) is 23.4 Å². The lowest BCUT2D eigenvalue weighted by atomic mass is 10.2. The number of nitrogens with one attached hydrogen (secondary N) is 2. The fourth-order valence-electron chi connectivity index (χ4n) is 2.29. The van der Waals surface area contributed by atoms with Gasteiger partial charge in [-0.3, -0.25) is 10.1 Å². The zero-order valence-corrected chi connectivity index (χ0v) is 13.8. The minimum atomic E-state index is 0.444. The molecule has 0 aliphatic rings. The van der Waals surface area contributed by atoms with Gasteiger partial charge in [0.1, 0.15) is 11.9 Å². The monoisotopic (exact) mass is 338 g/mol. The van der Waals surface area contributed by atoms with E-state index in [-0.39, 0.29) is 0 Å². The molecule has 0 radical (unpaired) electrons. The molecular weight excluding hydrogens is 324 g/mol. The van der Waals surface area contributed by atoms with E-state index in [0.29, 0.717) is 28.6 Å². The van der Waals surface area contributed by atoms with Crippen molar-refractivity contribution >= 4 is 17.4 Å². The molecule has 0 fully saturated rings. The van der Waals surface area contributed by atoms with Gasteiger partial charge < -0.3 is 5.32 Å². The van der Waals surface area contributed by atoms with E-state index in [2.05, 4.69) is 31.6 Å². The summed E-state index contributed by atoms with van der Waals surface area (Å²) in [4.78, 5) is 8.33. The fraction of sp³-hybridized carbons (Fsp3) is 0.176. The molecule has 0 aliphatic heterocycles. The van der Waals surface area contributed by atoms with Gasteiger partial charge in [-0.15, -0.1) is 0 Å². The molecule has 3 aromatic heterocycles. The molecule has 24 heavy (non-hydrogen) atoms. The minimum Gasteiger partial charge on any atom is -0.368 e. The molecule has 0 bridgehead atoms. The molecule has 120 valence electrons. The van der Waals surface area contributed by atoms with Crippen LogP contribution in [0.3, 0.4) is 0 Å². The van der Waals surface area contributed by atoms with Crippen molar-refractivity contribution in [1.29, 1.82) is 5.26 Å². The smallest absolute Gasteiger partial charge is 0.145 e. The quantitative estimate of drug-likeness (QED) is 0.744. The molecular formula is C17H15ClN6. The summed E-state index contributed by atoms with van der Waals surface area (Å²) in [6.07, 6.45) is 4.23. The number of anilines is 1. The van der Waals surface area contributed by atoms with Crippen molar-refractivity contribution in [3.8, 4) is 17.3 Å². The van der Waals surface area contributed by atoms with Gasteiger partial charge in [0.15, 0.2) is 0 Å². The number of nitrogens with zero attached hydrogens (tertiary/aromatic N) is 4. The Balaban J connectivity index is 1.63. The number of hydrogen-bond acceptors (Lipinski definition) is 5. The zero-order chi connectivity index (χ0) is 16.9. The van der Waals surface area contributed by atoms with Crippen LogP contribution < -0.4 is 5.32 Å². The van der Waals surface area contributed by atoms with E-state index in [1.807, 2.05) is 18.2 Å². The third kappa shape index (κ3) is 3.53. The molecule has 3 rings (SSSR count). The third-order valence-corrected chi connectivity index (χ3v) is 3.87. The SMILES string of the molecule is Cc1nc(NCCc2cc(-c3ccncc3)n[nH]2)c(Cl)cc1C#N. The maximum absolute atomic E-state index is 8.97. The van der Waals surface area contributed by atoms with Crippen molar-refractivity contribution < 1.29 is 0 Å². The Bertz CT molecular complexity index is 882. The van der Waals surface area contributed by atoms with Crippen LogP contribution in [0.15, 0.2) is 36.7 Å². The second kappa shape index (κ2) is 7.11. The number of rotatable bonds is 5. The Morgan fingerprint density at radius 1 is 1.29 bits per heavy atom. The Labute approximate surface area is 144 Å². The van der Waals surface area contributed by atoms with Gasteiger partial charge >= 0.3 is 0 Å². The average Bonchev–Trinajstić information content (AvgIpc) is 3.07. The highest BCUT2D eigenvalue weighted by Gasteiger charge is 2.08. The van der Waals surface area contributed by atoms with E-state index >= 15 is 0 Å². The summed E-state index contributed by atoms with van der Waals surface area (Å²) in [7, 11) is 0. The summed E-state index contributed by atoms with van der Waals surface area (Å²) >= 11 is 6.14. The van der Waals surface area contributed by atoms with Gasteiger partial charge in [-0.05, 0) is 31.2 Å². The normalized spacial score (nSPS) is 10.4. The highest BCUT2D eigenvalue weighted by molar-refractivity contribution is 6.33. The summed E-state index contributed by atoms with van der Waals surface area (Å²) in [5.74, 6) is 0.585. The molecule has 0 aromatic carbocycles. The zero-order valence-electron chi connectivity index (χ0n) is 13.0. The van der Waals surface area contributed by atoms with Gasteiger partial charge in [0.25, 0.3) is 0 Å². The first-order chi connectivity index (χ1) is 11.7. The molecule has 0 saturated heterocycles. The Kier molecular flexibility index (Phi) is 4.73. The number of pyridine rings is 2. The van der Waals surface area contributed by atoms with Gasteiger partial charge in [-0.2, -0.15) is 10.4 Å². The van der Waals surface area contributed by atoms with Gasteiger partial charge in [-0.1, -0.05) is 11.6 Å². The van der Waals surface area contributed by atoms with E-state index in [1.165, 1.54) is 0 Å². The molecule has 3 heterocycles. The molecule has 3 aromatic rings. The summed E-state index contributed by atoms with van der Waals surface area (Å²) in [5.41, 5.74) is 4.06. The maximum Gasteiger partial charge on any atom is 0.145 e. The molecule has 2 N–H and O–H groups in total. The molecule has 0 aliphatic carbocycles. The third-order valence-electron chi connectivity index (χ3n) is 3.58. The standard InChI is InChI=1S/C17H15ClN6/c1-11-13(10-19)8-15(18)17(22-11)21-7-4-14-9-16(24-23-14)12-2-5-20-6-3-12/h2-3,5-6,8-9H,4,7H2,1H3,(H,21,22)(H,23,24). The number of hydrogen-bond donors (Lipinski definition) is 2. The van der Waals surface area contributed by atoms with Gasteiger partial charge in [0, 0.05) is 36.6 Å². The Morgan fingerprint density at radius 2 is 2.08 bits per heavy atom. The number of aryl methyl sites for hydroxylation is 1. The maximum atomic E-state index is 8.97. The number of H-pyrrole nitrogens is 1.